The summed E-state index contributed by atoms with van der Waals surface area (Å²) in [4.78, 5) is 40.4. The van der Waals surface area contributed by atoms with E-state index in [1.54, 1.807) is 4.90 Å². The number of allylic oxidation sites excluding steroid dienone is 8. The molecule has 0 aromatic heterocycles. The van der Waals surface area contributed by atoms with Crippen molar-refractivity contribution in [1.29, 1.82) is 0 Å². The van der Waals surface area contributed by atoms with Crippen molar-refractivity contribution >= 4 is 17.8 Å². The number of esters is 1. The zero-order valence-corrected chi connectivity index (χ0v) is 33.8. The fraction of sp³-hybridized carbons (Fsp3) is 0.756. The molecule has 53 heavy (non-hydrogen) atoms. The first-order valence-corrected chi connectivity index (χ1v) is 21.6. The summed E-state index contributed by atoms with van der Waals surface area (Å²) in [6.45, 7) is 5.06. The number of nitrogens with zero attached hydrogens (tertiary/aromatic N) is 1. The lowest BCUT2D eigenvalue weighted by atomic mass is 10.1. The summed E-state index contributed by atoms with van der Waals surface area (Å²) >= 11 is 0. The van der Waals surface area contributed by atoms with Crippen LogP contribution in [0.1, 0.15) is 187 Å². The van der Waals surface area contributed by atoms with Gasteiger partial charge in [-0.25, -0.2) is 4.79 Å². The van der Waals surface area contributed by atoms with Crippen molar-refractivity contribution in [3.05, 3.63) is 48.6 Å². The molecule has 0 radical (unpaired) electrons. The average molecular weight is 743 g/mol. The Morgan fingerprint density at radius 1 is 0.642 bits per heavy atom. The Morgan fingerprint density at radius 3 is 1.62 bits per heavy atom. The standard InChI is InChI=1S/C45H78N2O6/c1-3-5-7-9-11-13-15-17-19-21-23-25-27-29-31-33-37-53-45(52)41-38-40(46-42(48)35-36-44(50)51)39-47(41)43(49)34-32-30-28-26-24-22-20-18-16-14-12-10-8-6-4-2/h11-14,17-20,40-41,44,50-51H,3-10,15-16,21-39H2,1-2H3,(H,46,48)/b13-11-,14-12-,19-17-,20-18-/t40-,41+/m1/s1. The number of rotatable bonds is 34. The Balaban J connectivity index is 2.33. The van der Waals surface area contributed by atoms with E-state index in [0.717, 1.165) is 77.0 Å². The van der Waals surface area contributed by atoms with Crippen LogP contribution in [-0.2, 0) is 19.1 Å². The van der Waals surface area contributed by atoms with Crippen LogP contribution in [-0.4, -0.2) is 64.4 Å². The Labute approximate surface area is 324 Å². The van der Waals surface area contributed by atoms with Crippen LogP contribution in [0.3, 0.4) is 0 Å². The van der Waals surface area contributed by atoms with Crippen LogP contribution in [0.4, 0.5) is 0 Å². The average Bonchev–Trinajstić information content (AvgIpc) is 3.57. The lowest BCUT2D eigenvalue weighted by Gasteiger charge is -2.23. The monoisotopic (exact) mass is 743 g/mol. The van der Waals surface area contributed by atoms with Gasteiger partial charge in [0.15, 0.2) is 6.29 Å². The summed E-state index contributed by atoms with van der Waals surface area (Å²) in [6.07, 6.45) is 43.1. The van der Waals surface area contributed by atoms with E-state index in [0.29, 0.717) is 19.4 Å². The van der Waals surface area contributed by atoms with Gasteiger partial charge in [0.25, 0.3) is 0 Å². The highest BCUT2D eigenvalue weighted by atomic mass is 16.5. The summed E-state index contributed by atoms with van der Waals surface area (Å²) in [5.41, 5.74) is 0. The fourth-order valence-electron chi connectivity index (χ4n) is 6.59. The third-order valence-electron chi connectivity index (χ3n) is 9.82. The minimum atomic E-state index is -1.55. The molecule has 0 aliphatic carbocycles. The maximum Gasteiger partial charge on any atom is 0.328 e. The molecule has 2 amide bonds. The number of carbonyl (C=O) groups is 3. The third-order valence-corrected chi connectivity index (χ3v) is 9.82. The number of hydrogen-bond donors (Lipinski definition) is 3. The quantitative estimate of drug-likeness (QED) is 0.0262. The van der Waals surface area contributed by atoms with E-state index in [4.69, 9.17) is 14.9 Å². The number of carbonyl (C=O) groups excluding carboxylic acids is 3. The van der Waals surface area contributed by atoms with Crippen LogP contribution in [0.15, 0.2) is 48.6 Å². The van der Waals surface area contributed by atoms with E-state index in [1.165, 1.54) is 70.6 Å². The molecule has 2 atom stereocenters. The van der Waals surface area contributed by atoms with Crippen molar-refractivity contribution in [2.24, 2.45) is 0 Å². The zero-order chi connectivity index (χ0) is 38.6. The predicted molar refractivity (Wildman–Crippen MR) is 219 cm³/mol. The van der Waals surface area contributed by atoms with Gasteiger partial charge in [-0.3, -0.25) is 9.59 Å². The molecule has 1 saturated heterocycles. The molecule has 0 unspecified atom stereocenters. The molecule has 8 nitrogen and oxygen atoms in total. The number of aliphatic hydroxyl groups is 2. The second-order valence-electron chi connectivity index (χ2n) is 14.8. The van der Waals surface area contributed by atoms with Crippen LogP contribution in [0.25, 0.3) is 0 Å². The topological polar surface area (TPSA) is 116 Å². The zero-order valence-electron chi connectivity index (χ0n) is 33.8. The van der Waals surface area contributed by atoms with E-state index >= 15 is 0 Å². The molecule has 8 heteroatoms. The van der Waals surface area contributed by atoms with Crippen molar-refractivity contribution in [2.45, 2.75) is 206 Å². The van der Waals surface area contributed by atoms with Crippen LogP contribution < -0.4 is 5.32 Å². The van der Waals surface area contributed by atoms with Gasteiger partial charge in [0.1, 0.15) is 6.04 Å². The first-order valence-electron chi connectivity index (χ1n) is 21.6. The first-order chi connectivity index (χ1) is 25.9. The highest BCUT2D eigenvalue weighted by molar-refractivity contribution is 5.86. The largest absolute Gasteiger partial charge is 0.464 e. The van der Waals surface area contributed by atoms with Gasteiger partial charge in [-0.05, 0) is 77.0 Å². The second-order valence-corrected chi connectivity index (χ2v) is 14.8. The summed E-state index contributed by atoms with van der Waals surface area (Å²) in [6, 6.07) is -1.08. The van der Waals surface area contributed by atoms with Gasteiger partial charge in [0.05, 0.1) is 6.61 Å². The van der Waals surface area contributed by atoms with E-state index in [2.05, 4.69) is 67.8 Å². The molecule has 0 aromatic rings. The van der Waals surface area contributed by atoms with Crippen LogP contribution in [0.2, 0.25) is 0 Å². The summed E-state index contributed by atoms with van der Waals surface area (Å²) in [7, 11) is 0. The molecule has 1 rings (SSSR count). The number of aliphatic hydroxyl groups excluding tert-OH is 1. The van der Waals surface area contributed by atoms with Crippen LogP contribution in [0, 0.1) is 0 Å². The lowest BCUT2D eigenvalue weighted by Crippen LogP contribution is -2.42. The molecule has 1 aliphatic heterocycles. The molecule has 0 aromatic carbocycles. The normalized spacial score (nSPS) is 16.4. The van der Waals surface area contributed by atoms with Crippen molar-refractivity contribution in [1.82, 2.24) is 10.2 Å². The Bertz CT molecular complexity index is 1040. The molecule has 3 N–H and O–H groups in total. The van der Waals surface area contributed by atoms with Gasteiger partial charge in [0, 0.05) is 38.3 Å². The number of amides is 2. The summed E-state index contributed by atoms with van der Waals surface area (Å²) < 4.78 is 5.65. The van der Waals surface area contributed by atoms with E-state index < -0.39 is 18.3 Å². The molecule has 0 saturated carbocycles. The van der Waals surface area contributed by atoms with Gasteiger partial charge in [-0.1, -0.05) is 133 Å². The maximum absolute atomic E-state index is 13.3. The Morgan fingerprint density at radius 2 is 1.11 bits per heavy atom. The number of nitrogens with one attached hydrogen (secondary N) is 1. The highest BCUT2D eigenvalue weighted by Gasteiger charge is 2.40. The van der Waals surface area contributed by atoms with Crippen molar-refractivity contribution in [3.8, 4) is 0 Å². The smallest absolute Gasteiger partial charge is 0.328 e. The van der Waals surface area contributed by atoms with Gasteiger partial charge in [-0.2, -0.15) is 0 Å². The molecule has 1 heterocycles. The Hall–Kier alpha value is -2.71. The number of hydrogen-bond acceptors (Lipinski definition) is 6. The van der Waals surface area contributed by atoms with Gasteiger partial charge < -0.3 is 25.2 Å². The summed E-state index contributed by atoms with van der Waals surface area (Å²) in [5.74, 6) is -0.794. The number of likely N-dealkylation sites (tertiary alicyclic amines) is 1. The first kappa shape index (κ1) is 48.3. The summed E-state index contributed by atoms with van der Waals surface area (Å²) in [5, 5.41) is 21.1. The minimum Gasteiger partial charge on any atom is -0.464 e. The van der Waals surface area contributed by atoms with Crippen molar-refractivity contribution in [2.75, 3.05) is 13.2 Å². The van der Waals surface area contributed by atoms with Crippen molar-refractivity contribution in [3.63, 3.8) is 0 Å². The Kier molecular flexibility index (Phi) is 31.9. The van der Waals surface area contributed by atoms with Crippen molar-refractivity contribution < 1.29 is 29.3 Å². The van der Waals surface area contributed by atoms with Gasteiger partial charge in [0.2, 0.25) is 11.8 Å². The fourth-order valence-corrected chi connectivity index (χ4v) is 6.59. The molecule has 1 fully saturated rings. The molecule has 0 spiro atoms. The van der Waals surface area contributed by atoms with Crippen LogP contribution >= 0.6 is 0 Å². The van der Waals surface area contributed by atoms with E-state index in [9.17, 15) is 14.4 Å². The second kappa shape index (κ2) is 35.0. The highest BCUT2D eigenvalue weighted by Crippen LogP contribution is 2.22. The SMILES string of the molecule is CCCCC/C=C\C/C=C\CCCCCCCCOC(=O)[C@@H]1C[C@@H](NC(=O)CCC(O)O)CN1C(=O)CCCCCCC/C=C\C/C=C\CCCCC. The van der Waals surface area contributed by atoms with E-state index in [1.807, 2.05) is 0 Å². The maximum atomic E-state index is 13.3. The molecule has 304 valence electrons. The van der Waals surface area contributed by atoms with Crippen LogP contribution in [0.5, 0.6) is 0 Å². The minimum absolute atomic E-state index is 0.0310. The molecular formula is C45H78N2O6. The third kappa shape index (κ3) is 28.4. The van der Waals surface area contributed by atoms with Gasteiger partial charge in [-0.15, -0.1) is 0 Å². The molecule has 1 aliphatic rings. The lowest BCUT2D eigenvalue weighted by molar-refractivity contribution is -0.153. The predicted octanol–water partition coefficient (Wildman–Crippen LogP) is 10.3. The molecular weight excluding hydrogens is 665 g/mol. The van der Waals surface area contributed by atoms with Gasteiger partial charge >= 0.3 is 5.97 Å². The number of ether oxygens (including phenoxy) is 1. The number of unbranched alkanes of at least 4 members (excludes halogenated alkanes) is 17. The van der Waals surface area contributed by atoms with E-state index in [-0.39, 0.29) is 37.2 Å². The molecule has 0 bridgehead atoms.